The van der Waals surface area contributed by atoms with E-state index in [-0.39, 0.29) is 11.9 Å². The molecule has 0 radical (unpaired) electrons. The van der Waals surface area contributed by atoms with E-state index in [1.54, 1.807) is 12.1 Å². The molecule has 6 heteroatoms. The Hall–Kier alpha value is -0.400. The highest BCUT2D eigenvalue weighted by Crippen LogP contribution is 2.27. The Morgan fingerprint density at radius 1 is 1.52 bits per heavy atom. The predicted octanol–water partition coefficient (Wildman–Crippen LogP) is 3.99. The summed E-state index contributed by atoms with van der Waals surface area (Å²) in [6.45, 7) is 3.71. The number of aromatic nitrogens is 2. The summed E-state index contributed by atoms with van der Waals surface area (Å²) in [7, 11) is 0. The molecule has 2 heterocycles. The molecule has 0 spiro atoms. The summed E-state index contributed by atoms with van der Waals surface area (Å²) in [5.41, 5.74) is 1.69. The minimum atomic E-state index is -0.197. The zero-order valence-corrected chi connectivity index (χ0v) is 14.7. The Kier molecular flexibility index (Phi) is 4.71. The van der Waals surface area contributed by atoms with E-state index < -0.39 is 0 Å². The van der Waals surface area contributed by atoms with E-state index in [9.17, 15) is 4.39 Å². The summed E-state index contributed by atoms with van der Waals surface area (Å²) in [6.07, 6.45) is 1.96. The van der Waals surface area contributed by atoms with Crippen LogP contribution in [0.1, 0.15) is 19.2 Å². The number of aryl methyl sites for hydroxylation is 1. The molecule has 0 N–H and O–H groups in total. The number of benzene rings is 1. The molecule has 21 heavy (non-hydrogen) atoms. The van der Waals surface area contributed by atoms with Crippen LogP contribution in [0.2, 0.25) is 0 Å². The Bertz CT molecular complexity index is 661. The Morgan fingerprint density at radius 2 is 2.33 bits per heavy atom. The predicted molar refractivity (Wildman–Crippen MR) is 90.4 cm³/mol. The van der Waals surface area contributed by atoms with Gasteiger partial charge in [0, 0.05) is 37.4 Å². The molecule has 1 aromatic carbocycles. The number of fused-ring (bicyclic) bond motifs is 1. The minimum Gasteiger partial charge on any atom is -0.378 e. The number of hydrogen-bond donors (Lipinski definition) is 0. The van der Waals surface area contributed by atoms with Crippen molar-refractivity contribution in [1.82, 2.24) is 9.55 Å². The monoisotopic (exact) mass is 422 g/mol. The van der Waals surface area contributed by atoms with Crippen LogP contribution >= 0.6 is 34.2 Å². The van der Waals surface area contributed by atoms with Crippen molar-refractivity contribution in [3.63, 3.8) is 0 Å². The van der Waals surface area contributed by atoms with E-state index in [2.05, 4.69) is 16.5 Å². The van der Waals surface area contributed by atoms with Gasteiger partial charge in [0.25, 0.3) is 0 Å². The smallest absolute Gasteiger partial charge is 0.138 e. The lowest BCUT2D eigenvalue weighted by atomic mass is 10.0. The highest BCUT2D eigenvalue weighted by Gasteiger charge is 2.26. The molecule has 1 aliphatic heterocycles. The molecule has 0 aliphatic carbocycles. The Morgan fingerprint density at radius 3 is 3.00 bits per heavy atom. The van der Waals surface area contributed by atoms with Crippen LogP contribution in [0.25, 0.3) is 11.0 Å². The van der Waals surface area contributed by atoms with Crippen LogP contribution in [0.5, 0.6) is 0 Å². The van der Waals surface area contributed by atoms with E-state index in [1.807, 2.05) is 22.6 Å². The van der Waals surface area contributed by atoms with Gasteiger partial charge in [-0.15, -0.1) is 11.6 Å². The highest BCUT2D eigenvalue weighted by atomic mass is 127. The van der Waals surface area contributed by atoms with Crippen LogP contribution in [0.15, 0.2) is 12.1 Å². The lowest BCUT2D eigenvalue weighted by Crippen LogP contribution is -2.19. The average Bonchev–Trinajstić information content (AvgIpc) is 2.98. The first-order valence-electron chi connectivity index (χ1n) is 7.12. The number of halogens is 3. The van der Waals surface area contributed by atoms with Crippen molar-refractivity contribution in [1.29, 1.82) is 0 Å². The first kappa shape index (κ1) is 15.5. The molecule has 2 unspecified atom stereocenters. The molecule has 3 rings (SSSR count). The van der Waals surface area contributed by atoms with E-state index in [4.69, 9.17) is 16.3 Å². The summed E-state index contributed by atoms with van der Waals surface area (Å²) in [6, 6.07) is 3.39. The van der Waals surface area contributed by atoms with Crippen molar-refractivity contribution >= 4 is 45.2 Å². The molecular weight excluding hydrogens is 406 g/mol. The van der Waals surface area contributed by atoms with Crippen LogP contribution in [0.4, 0.5) is 4.39 Å². The van der Waals surface area contributed by atoms with Gasteiger partial charge in [0.2, 0.25) is 0 Å². The lowest BCUT2D eigenvalue weighted by Gasteiger charge is -2.17. The number of nitrogens with zero attached hydrogens (tertiary/aromatic N) is 2. The van der Waals surface area contributed by atoms with Crippen LogP contribution in [-0.4, -0.2) is 28.1 Å². The normalized spacial score (nSPS) is 22.3. The van der Waals surface area contributed by atoms with Crippen molar-refractivity contribution < 1.29 is 9.13 Å². The zero-order valence-electron chi connectivity index (χ0n) is 11.8. The molecule has 1 aliphatic rings. The van der Waals surface area contributed by atoms with Crippen molar-refractivity contribution in [2.75, 3.05) is 12.5 Å². The fraction of sp³-hybridized carbons (Fsp3) is 0.533. The fourth-order valence-corrected chi connectivity index (χ4v) is 3.52. The van der Waals surface area contributed by atoms with Gasteiger partial charge in [-0.2, -0.15) is 0 Å². The largest absolute Gasteiger partial charge is 0.378 e. The standard InChI is InChI=1S/C15H17ClFIN2O/c1-9-10(3-5-21-9)8-20-14-6-11(17)12(18)7-13(14)19-15(20)2-4-16/h6-7,9-10H,2-5,8H2,1H3. The number of ether oxygens (including phenoxy) is 1. The van der Waals surface area contributed by atoms with E-state index in [0.29, 0.717) is 21.8 Å². The van der Waals surface area contributed by atoms with Crippen LogP contribution in [0.3, 0.4) is 0 Å². The van der Waals surface area contributed by atoms with Gasteiger partial charge in [0.05, 0.1) is 20.7 Å². The molecule has 3 nitrogen and oxygen atoms in total. The number of imidazole rings is 1. The van der Waals surface area contributed by atoms with Gasteiger partial charge < -0.3 is 9.30 Å². The molecule has 2 atom stereocenters. The molecule has 2 aromatic rings. The quantitative estimate of drug-likeness (QED) is 0.550. The summed E-state index contributed by atoms with van der Waals surface area (Å²) in [5, 5.41) is 0. The number of rotatable bonds is 4. The third kappa shape index (κ3) is 3.05. The van der Waals surface area contributed by atoms with Crippen LogP contribution < -0.4 is 0 Å². The molecule has 1 aromatic heterocycles. The molecule has 0 bridgehead atoms. The fourth-order valence-electron chi connectivity index (χ4n) is 2.90. The lowest BCUT2D eigenvalue weighted by molar-refractivity contribution is 0.102. The van der Waals surface area contributed by atoms with Gasteiger partial charge >= 0.3 is 0 Å². The number of hydrogen-bond acceptors (Lipinski definition) is 2. The van der Waals surface area contributed by atoms with Crippen LogP contribution in [0, 0.1) is 15.3 Å². The van der Waals surface area contributed by atoms with Crippen molar-refractivity contribution in [2.24, 2.45) is 5.92 Å². The van der Waals surface area contributed by atoms with Gasteiger partial charge in [0.1, 0.15) is 11.6 Å². The summed E-state index contributed by atoms with van der Waals surface area (Å²) in [4.78, 5) is 4.64. The van der Waals surface area contributed by atoms with Gasteiger partial charge in [-0.3, -0.25) is 0 Å². The Balaban J connectivity index is 2.04. The molecular formula is C15H17ClFIN2O. The SMILES string of the molecule is CC1OCCC1Cn1c(CCCl)nc2cc(I)c(F)cc21. The first-order chi connectivity index (χ1) is 10.1. The first-order valence-corrected chi connectivity index (χ1v) is 8.73. The van der Waals surface area contributed by atoms with Crippen molar-refractivity contribution in [3.05, 3.63) is 27.3 Å². The maximum Gasteiger partial charge on any atom is 0.138 e. The second kappa shape index (κ2) is 6.38. The summed E-state index contributed by atoms with van der Waals surface area (Å²) >= 11 is 7.89. The van der Waals surface area contributed by atoms with Crippen molar-refractivity contribution in [3.8, 4) is 0 Å². The van der Waals surface area contributed by atoms with Gasteiger partial charge in [-0.25, -0.2) is 9.37 Å². The zero-order chi connectivity index (χ0) is 15.0. The third-order valence-electron chi connectivity index (χ3n) is 4.14. The average molecular weight is 423 g/mol. The Labute approximate surface area is 142 Å². The summed E-state index contributed by atoms with van der Waals surface area (Å²) < 4.78 is 22.3. The van der Waals surface area contributed by atoms with E-state index >= 15 is 0 Å². The molecule has 1 fully saturated rings. The second-order valence-corrected chi connectivity index (χ2v) is 7.00. The van der Waals surface area contributed by atoms with Crippen LogP contribution in [-0.2, 0) is 17.7 Å². The molecule has 0 amide bonds. The van der Waals surface area contributed by atoms with Gasteiger partial charge in [-0.1, -0.05) is 0 Å². The summed E-state index contributed by atoms with van der Waals surface area (Å²) in [5.74, 6) is 1.69. The highest BCUT2D eigenvalue weighted by molar-refractivity contribution is 14.1. The van der Waals surface area contributed by atoms with Crippen molar-refractivity contribution in [2.45, 2.75) is 32.4 Å². The van der Waals surface area contributed by atoms with Gasteiger partial charge in [-0.05, 0) is 42.0 Å². The van der Waals surface area contributed by atoms with E-state index in [1.165, 1.54) is 0 Å². The minimum absolute atomic E-state index is 0.197. The van der Waals surface area contributed by atoms with E-state index in [0.717, 1.165) is 36.4 Å². The number of alkyl halides is 1. The maximum absolute atomic E-state index is 13.9. The second-order valence-electron chi connectivity index (χ2n) is 5.46. The molecule has 114 valence electrons. The maximum atomic E-state index is 13.9. The molecule has 0 saturated carbocycles. The van der Waals surface area contributed by atoms with Gasteiger partial charge in [0.15, 0.2) is 0 Å². The third-order valence-corrected chi connectivity index (χ3v) is 5.15. The topological polar surface area (TPSA) is 27.1 Å². The molecule has 1 saturated heterocycles.